The van der Waals surface area contributed by atoms with E-state index in [2.05, 4.69) is 11.4 Å². The number of pyridine rings is 1. The summed E-state index contributed by atoms with van der Waals surface area (Å²) in [7, 11) is 3.11. The Labute approximate surface area is 214 Å². The van der Waals surface area contributed by atoms with Crippen molar-refractivity contribution in [3.63, 3.8) is 0 Å². The van der Waals surface area contributed by atoms with Gasteiger partial charge in [-0.1, -0.05) is 60.7 Å². The fourth-order valence-electron chi connectivity index (χ4n) is 3.69. The summed E-state index contributed by atoms with van der Waals surface area (Å²) < 4.78 is 10.6. The average Bonchev–Trinajstić information content (AvgIpc) is 2.93. The number of hydrogen-bond acceptors (Lipinski definition) is 6. The van der Waals surface area contributed by atoms with E-state index in [0.29, 0.717) is 33.5 Å². The Morgan fingerprint density at radius 3 is 2.28 bits per heavy atom. The van der Waals surface area contributed by atoms with Gasteiger partial charge in [0.15, 0.2) is 0 Å². The zero-order chi connectivity index (χ0) is 25.3. The monoisotopic (exact) mass is 495 g/mol. The highest BCUT2D eigenvalue weighted by Gasteiger charge is 2.17. The molecule has 4 rings (SSSR count). The lowest BCUT2D eigenvalue weighted by Crippen LogP contribution is -2.13. The first-order chi connectivity index (χ1) is 17.6. The summed E-state index contributed by atoms with van der Waals surface area (Å²) in [6, 6.07) is 29.2. The second-order valence-corrected chi connectivity index (χ2v) is 8.88. The number of nitrogens with zero attached hydrogens (tertiary/aromatic N) is 2. The van der Waals surface area contributed by atoms with Crippen molar-refractivity contribution in [2.75, 3.05) is 25.3 Å². The van der Waals surface area contributed by atoms with E-state index in [1.807, 2.05) is 66.7 Å². The molecule has 0 aliphatic rings. The maximum absolute atomic E-state index is 12.7. The Kier molecular flexibility index (Phi) is 8.22. The van der Waals surface area contributed by atoms with Crippen LogP contribution < -0.4 is 14.8 Å². The number of ether oxygens (including phenoxy) is 2. The Morgan fingerprint density at radius 1 is 0.944 bits per heavy atom. The van der Waals surface area contributed by atoms with E-state index in [4.69, 9.17) is 14.5 Å². The average molecular weight is 496 g/mol. The van der Waals surface area contributed by atoms with E-state index in [1.54, 1.807) is 32.4 Å². The molecule has 0 bridgehead atoms. The Balaban J connectivity index is 1.55. The molecule has 0 aliphatic heterocycles. The number of carbonyl (C=O) groups excluding carboxylic acids is 1. The predicted octanol–water partition coefficient (Wildman–Crippen LogP) is 6.43. The predicted molar refractivity (Wildman–Crippen MR) is 143 cm³/mol. The highest BCUT2D eigenvalue weighted by atomic mass is 32.2. The minimum Gasteiger partial charge on any atom is -0.497 e. The molecular weight excluding hydrogens is 470 g/mol. The van der Waals surface area contributed by atoms with Crippen molar-refractivity contribution in [1.29, 1.82) is 5.26 Å². The topological polar surface area (TPSA) is 84.2 Å². The minimum absolute atomic E-state index is 0.160. The maximum atomic E-state index is 12.7. The van der Waals surface area contributed by atoms with Gasteiger partial charge in [0, 0.05) is 29.4 Å². The zero-order valence-electron chi connectivity index (χ0n) is 20.0. The number of methoxy groups -OCH3 is 2. The summed E-state index contributed by atoms with van der Waals surface area (Å²) in [6.07, 6.45) is 0.239. The number of anilines is 1. The molecule has 36 heavy (non-hydrogen) atoms. The Hall–Kier alpha value is -4.28. The summed E-state index contributed by atoms with van der Waals surface area (Å²) in [6.45, 7) is 0. The molecule has 1 N–H and O–H groups in total. The zero-order valence-corrected chi connectivity index (χ0v) is 20.8. The van der Waals surface area contributed by atoms with Gasteiger partial charge >= 0.3 is 0 Å². The molecule has 0 saturated heterocycles. The van der Waals surface area contributed by atoms with Crippen molar-refractivity contribution in [1.82, 2.24) is 4.98 Å². The van der Waals surface area contributed by atoms with E-state index < -0.39 is 0 Å². The van der Waals surface area contributed by atoms with Crippen molar-refractivity contribution in [2.24, 2.45) is 0 Å². The molecule has 0 saturated carbocycles. The molecule has 3 aromatic carbocycles. The van der Waals surface area contributed by atoms with E-state index in [-0.39, 0.29) is 12.3 Å². The number of amides is 1. The standard InChI is InChI=1S/C29H25N3O3S/c1-34-22-13-14-25(27(17-22)35-2)31-28(33)15-16-36-29-24(19-30)23(20-9-5-3-6-10-20)18-26(32-29)21-11-7-4-8-12-21/h3-14,17-18H,15-16H2,1-2H3,(H,31,33). The number of aromatic nitrogens is 1. The SMILES string of the molecule is COc1ccc(NC(=O)CCSc2nc(-c3ccccc3)cc(-c3ccccc3)c2C#N)c(OC)c1. The molecule has 4 aromatic rings. The second kappa shape index (κ2) is 11.9. The number of rotatable bonds is 9. The molecule has 1 amide bonds. The van der Waals surface area contributed by atoms with Gasteiger partial charge in [-0.2, -0.15) is 5.26 Å². The largest absolute Gasteiger partial charge is 0.497 e. The van der Waals surface area contributed by atoms with Gasteiger partial charge in [0.25, 0.3) is 0 Å². The van der Waals surface area contributed by atoms with Crippen LogP contribution in [-0.4, -0.2) is 30.9 Å². The number of benzene rings is 3. The van der Waals surface area contributed by atoms with Gasteiger partial charge in [-0.25, -0.2) is 4.98 Å². The number of hydrogen-bond donors (Lipinski definition) is 1. The fraction of sp³-hybridized carbons (Fsp3) is 0.138. The smallest absolute Gasteiger partial charge is 0.225 e. The summed E-state index contributed by atoms with van der Waals surface area (Å²) in [5.41, 5.74) is 4.58. The van der Waals surface area contributed by atoms with Crippen molar-refractivity contribution < 1.29 is 14.3 Å². The lowest BCUT2D eigenvalue weighted by Gasteiger charge is -2.13. The molecule has 1 heterocycles. The van der Waals surface area contributed by atoms with E-state index in [9.17, 15) is 10.1 Å². The number of nitrogens with one attached hydrogen (secondary N) is 1. The van der Waals surface area contributed by atoms with Crippen LogP contribution in [0.1, 0.15) is 12.0 Å². The van der Waals surface area contributed by atoms with Crippen LogP contribution >= 0.6 is 11.8 Å². The summed E-state index contributed by atoms with van der Waals surface area (Å²) in [4.78, 5) is 17.5. The molecule has 0 radical (unpaired) electrons. The van der Waals surface area contributed by atoms with Crippen molar-refractivity contribution in [3.05, 3.63) is 90.5 Å². The van der Waals surface area contributed by atoms with Crippen LogP contribution in [0.4, 0.5) is 5.69 Å². The first kappa shape index (κ1) is 24.8. The molecule has 0 fully saturated rings. The van der Waals surface area contributed by atoms with Crippen LogP contribution in [0.3, 0.4) is 0 Å². The molecule has 6 nitrogen and oxygen atoms in total. The number of thioether (sulfide) groups is 1. The third-order valence-electron chi connectivity index (χ3n) is 5.50. The van der Waals surface area contributed by atoms with Crippen LogP contribution in [0, 0.1) is 11.3 Å². The molecule has 7 heteroatoms. The lowest BCUT2D eigenvalue weighted by molar-refractivity contribution is -0.115. The number of carbonyl (C=O) groups is 1. The first-order valence-electron chi connectivity index (χ1n) is 11.3. The van der Waals surface area contributed by atoms with Gasteiger partial charge in [0.2, 0.25) is 5.91 Å². The van der Waals surface area contributed by atoms with Gasteiger partial charge in [0.05, 0.1) is 31.2 Å². The third kappa shape index (κ3) is 5.85. The van der Waals surface area contributed by atoms with Crippen LogP contribution in [-0.2, 0) is 4.79 Å². The quantitative estimate of drug-likeness (QED) is 0.270. The minimum atomic E-state index is -0.160. The van der Waals surface area contributed by atoms with Crippen LogP contribution in [0.2, 0.25) is 0 Å². The van der Waals surface area contributed by atoms with E-state index in [1.165, 1.54) is 11.8 Å². The van der Waals surface area contributed by atoms with Crippen molar-refractivity contribution in [2.45, 2.75) is 11.4 Å². The molecular formula is C29H25N3O3S. The molecule has 180 valence electrons. The fourth-order valence-corrected chi connectivity index (χ4v) is 4.63. The van der Waals surface area contributed by atoms with Gasteiger partial charge in [0.1, 0.15) is 22.6 Å². The van der Waals surface area contributed by atoms with Crippen LogP contribution in [0.15, 0.2) is 90.0 Å². The number of nitriles is 1. The molecule has 1 aromatic heterocycles. The van der Waals surface area contributed by atoms with Gasteiger partial charge in [-0.3, -0.25) is 4.79 Å². The summed E-state index contributed by atoms with van der Waals surface area (Å²) in [5, 5.41) is 13.5. The maximum Gasteiger partial charge on any atom is 0.225 e. The van der Waals surface area contributed by atoms with Crippen molar-refractivity contribution >= 4 is 23.4 Å². The highest BCUT2D eigenvalue weighted by molar-refractivity contribution is 7.99. The van der Waals surface area contributed by atoms with E-state index in [0.717, 1.165) is 22.4 Å². The summed E-state index contributed by atoms with van der Waals surface area (Å²) >= 11 is 1.40. The van der Waals surface area contributed by atoms with E-state index >= 15 is 0 Å². The Bertz CT molecular complexity index is 1390. The molecule has 0 unspecified atom stereocenters. The molecule has 0 atom stereocenters. The molecule has 0 spiro atoms. The van der Waals surface area contributed by atoms with Crippen LogP contribution in [0.5, 0.6) is 11.5 Å². The van der Waals surface area contributed by atoms with Gasteiger partial charge in [-0.15, -0.1) is 11.8 Å². The van der Waals surface area contributed by atoms with Gasteiger partial charge in [-0.05, 0) is 23.8 Å². The Morgan fingerprint density at radius 2 is 1.64 bits per heavy atom. The third-order valence-corrected chi connectivity index (χ3v) is 6.48. The summed E-state index contributed by atoms with van der Waals surface area (Å²) in [5.74, 6) is 1.46. The second-order valence-electron chi connectivity index (χ2n) is 7.79. The lowest BCUT2D eigenvalue weighted by atomic mass is 9.99. The van der Waals surface area contributed by atoms with Crippen molar-refractivity contribution in [3.8, 4) is 40.0 Å². The normalized spacial score (nSPS) is 10.4. The highest BCUT2D eigenvalue weighted by Crippen LogP contribution is 2.34. The first-order valence-corrected chi connectivity index (χ1v) is 12.3. The molecule has 0 aliphatic carbocycles. The van der Waals surface area contributed by atoms with Crippen LogP contribution in [0.25, 0.3) is 22.4 Å². The van der Waals surface area contributed by atoms with Gasteiger partial charge < -0.3 is 14.8 Å².